The molecule has 0 radical (unpaired) electrons. The number of nitrogens with zero attached hydrogens (tertiary/aromatic N) is 2. The van der Waals surface area contributed by atoms with Crippen molar-refractivity contribution >= 4 is 23.7 Å². The van der Waals surface area contributed by atoms with Crippen LogP contribution in [0.2, 0.25) is 0 Å². The van der Waals surface area contributed by atoms with Gasteiger partial charge >= 0.3 is 5.97 Å². The van der Waals surface area contributed by atoms with Crippen LogP contribution in [0.5, 0.6) is 0 Å². The highest BCUT2D eigenvalue weighted by atomic mass is 16.5. The van der Waals surface area contributed by atoms with Crippen molar-refractivity contribution in [1.29, 1.82) is 0 Å². The van der Waals surface area contributed by atoms with Crippen LogP contribution in [-0.2, 0) is 30.5 Å². The maximum Gasteiger partial charge on any atom is 0.325 e. The molecule has 1 aliphatic heterocycles. The molecular weight excluding hydrogens is 360 g/mol. The highest BCUT2D eigenvalue weighted by Crippen LogP contribution is 2.38. The van der Waals surface area contributed by atoms with Gasteiger partial charge in [-0.1, -0.05) is 43.2 Å². The number of methoxy groups -OCH3 is 1. The second-order valence-electron chi connectivity index (χ2n) is 7.39. The summed E-state index contributed by atoms with van der Waals surface area (Å²) in [6.45, 7) is 0.162. The Morgan fingerprint density at radius 3 is 2.25 bits per heavy atom. The lowest BCUT2D eigenvalue weighted by atomic mass is 9.81. The summed E-state index contributed by atoms with van der Waals surface area (Å²) in [5, 5.41) is 0. The lowest BCUT2D eigenvalue weighted by molar-refractivity contribution is -0.148. The Kier molecular flexibility index (Phi) is 6.44. The number of carbonyl (C=O) groups is 4. The maximum absolute atomic E-state index is 12.8. The second kappa shape index (κ2) is 8.99. The summed E-state index contributed by atoms with van der Waals surface area (Å²) in [7, 11) is 1.27. The van der Waals surface area contributed by atoms with E-state index in [4.69, 9.17) is 4.74 Å². The highest BCUT2D eigenvalue weighted by Gasteiger charge is 2.47. The molecule has 2 unspecified atom stereocenters. The minimum Gasteiger partial charge on any atom is -0.468 e. The molecule has 3 rings (SSSR count). The predicted molar refractivity (Wildman–Crippen MR) is 101 cm³/mol. The number of hydrogen-bond donors (Lipinski definition) is 0. The Balaban J connectivity index is 1.63. The molecular formula is C21H26N2O5. The van der Waals surface area contributed by atoms with Crippen molar-refractivity contribution in [3.8, 4) is 0 Å². The third-order valence-corrected chi connectivity index (χ3v) is 5.60. The van der Waals surface area contributed by atoms with Crippen LogP contribution in [0.1, 0.15) is 37.7 Å². The number of imide groups is 1. The van der Waals surface area contributed by atoms with Gasteiger partial charge in [0.25, 0.3) is 0 Å². The molecule has 7 heteroatoms. The molecule has 2 aliphatic rings. The van der Waals surface area contributed by atoms with Crippen molar-refractivity contribution < 1.29 is 23.9 Å². The zero-order chi connectivity index (χ0) is 20.1. The fraction of sp³-hybridized carbons (Fsp3) is 0.524. The molecule has 0 aromatic heterocycles. The molecule has 0 bridgehead atoms. The quantitative estimate of drug-likeness (QED) is 0.527. The summed E-state index contributed by atoms with van der Waals surface area (Å²) in [5.41, 5.74) is 0.888. The monoisotopic (exact) mass is 386 g/mol. The predicted octanol–water partition coefficient (Wildman–Crippen LogP) is 1.75. The van der Waals surface area contributed by atoms with Crippen LogP contribution < -0.4 is 0 Å². The number of likely N-dealkylation sites (tertiary alicyclic amines) is 1. The number of fused-ring (bicyclic) bond motifs is 1. The van der Waals surface area contributed by atoms with Gasteiger partial charge in [-0.05, 0) is 18.4 Å². The normalized spacial score (nSPS) is 21.4. The first kappa shape index (κ1) is 20.0. The van der Waals surface area contributed by atoms with Gasteiger partial charge < -0.3 is 9.64 Å². The lowest BCUT2D eigenvalue weighted by Crippen LogP contribution is -2.39. The van der Waals surface area contributed by atoms with E-state index in [0.717, 1.165) is 31.2 Å². The number of ether oxygens (including phenoxy) is 1. The van der Waals surface area contributed by atoms with E-state index in [-0.39, 0.29) is 55.6 Å². The molecule has 1 aromatic carbocycles. The Hall–Kier alpha value is -2.70. The van der Waals surface area contributed by atoms with Gasteiger partial charge in [-0.25, -0.2) is 0 Å². The van der Waals surface area contributed by atoms with Gasteiger partial charge in [0.15, 0.2) is 0 Å². The maximum atomic E-state index is 12.8. The average Bonchev–Trinajstić information content (AvgIpc) is 2.96. The third-order valence-electron chi connectivity index (χ3n) is 5.60. The highest BCUT2D eigenvalue weighted by molar-refractivity contribution is 6.05. The zero-order valence-electron chi connectivity index (χ0n) is 16.1. The van der Waals surface area contributed by atoms with Crippen molar-refractivity contribution in [1.82, 2.24) is 9.80 Å². The molecule has 150 valence electrons. The minimum absolute atomic E-state index is 0.000742. The second-order valence-corrected chi connectivity index (χ2v) is 7.39. The Labute approximate surface area is 164 Å². The summed E-state index contributed by atoms with van der Waals surface area (Å²) in [4.78, 5) is 52.2. The first-order valence-electron chi connectivity index (χ1n) is 9.75. The van der Waals surface area contributed by atoms with Gasteiger partial charge in [0, 0.05) is 19.5 Å². The van der Waals surface area contributed by atoms with Crippen LogP contribution in [0.4, 0.5) is 0 Å². The van der Waals surface area contributed by atoms with Crippen LogP contribution in [-0.4, -0.2) is 53.7 Å². The van der Waals surface area contributed by atoms with E-state index in [2.05, 4.69) is 0 Å². The van der Waals surface area contributed by atoms with Crippen LogP contribution in [0.3, 0.4) is 0 Å². The lowest BCUT2D eigenvalue weighted by Gasteiger charge is -2.23. The number of hydrogen-bond acceptors (Lipinski definition) is 5. The van der Waals surface area contributed by atoms with Gasteiger partial charge in [0.05, 0.1) is 18.9 Å². The van der Waals surface area contributed by atoms with Crippen LogP contribution in [0.25, 0.3) is 0 Å². The van der Waals surface area contributed by atoms with Gasteiger partial charge in [-0.15, -0.1) is 0 Å². The van der Waals surface area contributed by atoms with Crippen molar-refractivity contribution in [3.05, 3.63) is 35.9 Å². The van der Waals surface area contributed by atoms with Crippen LogP contribution in [0.15, 0.2) is 30.3 Å². The summed E-state index contributed by atoms with van der Waals surface area (Å²) < 4.78 is 4.69. The molecule has 28 heavy (non-hydrogen) atoms. The first-order chi connectivity index (χ1) is 13.5. The smallest absolute Gasteiger partial charge is 0.325 e. The summed E-state index contributed by atoms with van der Waals surface area (Å²) in [5.74, 6) is -1.53. The van der Waals surface area contributed by atoms with Gasteiger partial charge in [-0.2, -0.15) is 0 Å². The third kappa shape index (κ3) is 4.40. The standard InChI is InChI=1S/C21H26N2O5/c1-28-19(25)14-22(13-15-7-3-2-4-8-15)18(24)11-12-23-20(26)16-9-5-6-10-17(16)21(23)27/h2-4,7-8,16-17H,5-6,9-14H2,1H3. The van der Waals surface area contributed by atoms with E-state index in [1.165, 1.54) is 16.9 Å². The molecule has 1 aliphatic carbocycles. The number of amides is 3. The van der Waals surface area contributed by atoms with E-state index in [0.29, 0.717) is 0 Å². The molecule has 7 nitrogen and oxygen atoms in total. The van der Waals surface area contributed by atoms with Crippen molar-refractivity contribution in [2.24, 2.45) is 11.8 Å². The molecule has 1 aromatic rings. The summed E-state index contributed by atoms with van der Waals surface area (Å²) >= 11 is 0. The fourth-order valence-corrected chi connectivity index (χ4v) is 4.07. The molecule has 1 saturated heterocycles. The van der Waals surface area contributed by atoms with E-state index < -0.39 is 5.97 Å². The topological polar surface area (TPSA) is 84.0 Å². The number of carbonyl (C=O) groups excluding carboxylic acids is 4. The van der Waals surface area contributed by atoms with E-state index in [9.17, 15) is 19.2 Å². The van der Waals surface area contributed by atoms with Crippen LogP contribution >= 0.6 is 0 Å². The summed E-state index contributed by atoms with van der Waals surface area (Å²) in [6.07, 6.45) is 3.44. The Bertz CT molecular complexity index is 724. The number of esters is 1. The van der Waals surface area contributed by atoms with Crippen LogP contribution in [0, 0.1) is 11.8 Å². The Morgan fingerprint density at radius 2 is 1.68 bits per heavy atom. The van der Waals surface area contributed by atoms with E-state index in [1.807, 2.05) is 30.3 Å². The minimum atomic E-state index is -0.511. The largest absolute Gasteiger partial charge is 0.468 e. The summed E-state index contributed by atoms with van der Waals surface area (Å²) in [6, 6.07) is 9.34. The van der Waals surface area contributed by atoms with Gasteiger partial charge in [-0.3, -0.25) is 24.1 Å². The van der Waals surface area contributed by atoms with E-state index in [1.54, 1.807) is 0 Å². The SMILES string of the molecule is COC(=O)CN(Cc1ccccc1)C(=O)CCN1C(=O)C2CCCCC2C1=O. The van der Waals surface area contributed by atoms with Crippen molar-refractivity contribution in [2.45, 2.75) is 38.6 Å². The van der Waals surface area contributed by atoms with Gasteiger partial charge in [0.1, 0.15) is 6.54 Å². The molecule has 2 fully saturated rings. The van der Waals surface area contributed by atoms with Crippen molar-refractivity contribution in [2.75, 3.05) is 20.2 Å². The number of rotatable bonds is 7. The molecule has 0 spiro atoms. The molecule has 3 amide bonds. The zero-order valence-corrected chi connectivity index (χ0v) is 16.1. The fourth-order valence-electron chi connectivity index (χ4n) is 4.07. The Morgan fingerprint density at radius 1 is 1.07 bits per heavy atom. The first-order valence-corrected chi connectivity index (χ1v) is 9.75. The van der Waals surface area contributed by atoms with Crippen molar-refractivity contribution in [3.63, 3.8) is 0 Å². The molecule has 2 atom stereocenters. The number of benzene rings is 1. The molecule has 0 N–H and O–H groups in total. The van der Waals surface area contributed by atoms with Gasteiger partial charge in [0.2, 0.25) is 17.7 Å². The average molecular weight is 386 g/mol. The molecule has 1 saturated carbocycles. The molecule has 1 heterocycles. The van der Waals surface area contributed by atoms with E-state index >= 15 is 0 Å².